The summed E-state index contributed by atoms with van der Waals surface area (Å²) >= 11 is 0. The maximum atomic E-state index is 14.1. The Morgan fingerprint density at radius 2 is 1.35 bits per heavy atom. The number of nitrogens with two attached hydrogens (primary N) is 7. The lowest BCUT2D eigenvalue weighted by Gasteiger charge is -2.36. The molecule has 0 aromatic heterocycles. The number of likely N-dealkylation sites (tertiary alicyclic amines) is 1. The number of fused-ring (bicyclic) bond motifs is 1. The van der Waals surface area contributed by atoms with Crippen LogP contribution in [0.5, 0.6) is 0 Å². The van der Waals surface area contributed by atoms with Crippen LogP contribution in [-0.4, -0.2) is 114 Å². The average Bonchev–Trinajstić information content (AvgIpc) is 3.47. The predicted molar refractivity (Wildman–Crippen MR) is 193 cm³/mol. The molecule has 19 heteroatoms. The summed E-state index contributed by atoms with van der Waals surface area (Å²) in [4.78, 5) is 74.4. The van der Waals surface area contributed by atoms with Gasteiger partial charge in [0.2, 0.25) is 23.6 Å². The van der Waals surface area contributed by atoms with E-state index in [1.165, 1.54) is 0 Å². The van der Waals surface area contributed by atoms with Gasteiger partial charge in [-0.25, -0.2) is 4.79 Å². The smallest absolute Gasteiger partial charge is 0.326 e. The van der Waals surface area contributed by atoms with E-state index in [0.29, 0.717) is 70.9 Å². The van der Waals surface area contributed by atoms with Gasteiger partial charge in [-0.3, -0.25) is 29.2 Å². The van der Waals surface area contributed by atoms with Gasteiger partial charge in [-0.2, -0.15) is 0 Å². The number of amides is 4. The fourth-order valence-electron chi connectivity index (χ4n) is 6.70. The number of unbranched alkanes of at least 4 members (excludes halogenated alkanes) is 2. The molecule has 0 unspecified atom stereocenters. The number of carbonyl (C=O) groups excluding carboxylic acids is 4. The number of aliphatic imine (C=N–C) groups is 2. The molecule has 1 heterocycles. The van der Waals surface area contributed by atoms with Crippen molar-refractivity contribution in [3.05, 3.63) is 0 Å². The number of carboxylic acid groups (broad SMARTS) is 1. The fourth-order valence-corrected chi connectivity index (χ4v) is 6.70. The number of carbonyl (C=O) groups is 5. The number of hydrogen-bond donors (Lipinski definition) is 11. The second-order valence-electron chi connectivity index (χ2n) is 13.4. The van der Waals surface area contributed by atoms with Gasteiger partial charge in [0, 0.05) is 25.7 Å². The van der Waals surface area contributed by atoms with E-state index < -0.39 is 53.9 Å². The van der Waals surface area contributed by atoms with E-state index >= 15 is 0 Å². The molecule has 2 fully saturated rings. The zero-order chi connectivity index (χ0) is 37.9. The van der Waals surface area contributed by atoms with Crippen LogP contribution in [0.4, 0.5) is 0 Å². The summed E-state index contributed by atoms with van der Waals surface area (Å²) in [5, 5.41) is 17.9. The van der Waals surface area contributed by atoms with Gasteiger partial charge in [0.15, 0.2) is 11.9 Å². The second-order valence-corrected chi connectivity index (χ2v) is 13.4. The number of aliphatic carboxylic acids is 1. The third-order valence-corrected chi connectivity index (χ3v) is 9.41. The average molecular weight is 724 g/mol. The summed E-state index contributed by atoms with van der Waals surface area (Å²) in [5.74, 6) is -3.01. The summed E-state index contributed by atoms with van der Waals surface area (Å²) in [6, 6.07) is -4.90. The molecule has 0 aromatic rings. The van der Waals surface area contributed by atoms with Crippen molar-refractivity contribution in [3.63, 3.8) is 0 Å². The van der Waals surface area contributed by atoms with Gasteiger partial charge in [0.25, 0.3) is 0 Å². The Bertz CT molecular complexity index is 1210. The Morgan fingerprint density at radius 3 is 1.98 bits per heavy atom. The van der Waals surface area contributed by atoms with Crippen LogP contribution in [0, 0.1) is 5.92 Å². The van der Waals surface area contributed by atoms with E-state index in [1.54, 1.807) is 4.90 Å². The highest BCUT2D eigenvalue weighted by atomic mass is 16.4. The molecule has 2 rings (SSSR count). The van der Waals surface area contributed by atoms with E-state index in [4.69, 9.17) is 40.1 Å². The molecule has 2 aliphatic rings. The minimum Gasteiger partial charge on any atom is -0.480 e. The lowest BCUT2D eigenvalue weighted by molar-refractivity contribution is -0.146. The molecule has 1 saturated carbocycles. The second kappa shape index (κ2) is 22.6. The molecular formula is C32H61N13O6. The Balaban J connectivity index is 1.94. The van der Waals surface area contributed by atoms with Crippen molar-refractivity contribution in [2.24, 2.45) is 56.0 Å². The molecule has 1 saturated heterocycles. The summed E-state index contributed by atoms with van der Waals surface area (Å²) in [5.41, 5.74) is 39.3. The topological polar surface area (TPSA) is 352 Å². The Labute approximate surface area is 299 Å². The van der Waals surface area contributed by atoms with E-state index in [1.807, 2.05) is 0 Å². The Morgan fingerprint density at radius 1 is 0.745 bits per heavy atom. The van der Waals surface area contributed by atoms with Crippen LogP contribution in [0.15, 0.2) is 9.98 Å². The maximum Gasteiger partial charge on any atom is 0.326 e. The zero-order valence-electron chi connectivity index (χ0n) is 29.6. The first-order chi connectivity index (χ1) is 24.3. The summed E-state index contributed by atoms with van der Waals surface area (Å²) in [6.07, 6.45) is 7.64. The van der Waals surface area contributed by atoms with E-state index in [-0.39, 0.29) is 55.7 Å². The normalized spacial score (nSPS) is 20.5. The Kier molecular flexibility index (Phi) is 19.0. The third-order valence-electron chi connectivity index (χ3n) is 9.41. The molecule has 0 aromatic carbocycles. The van der Waals surface area contributed by atoms with Crippen molar-refractivity contribution in [1.82, 2.24) is 20.9 Å². The standard InChI is InChI=1S/C32H61N13O6/c33-14-13-22(43-27(47)21(35)10-3-5-15-40-26(46)20(34)9-4-6-16-41-31(36)37)29(49)45-24-12-2-1-8-19(24)18-25(45)28(48)44-23(30(50)51)11-7-17-42-32(38)39/h19-25H,1-18,33-35H2,(H,40,46)(H,43,47)(H,44,48)(H,50,51)(H4,36,37,41)(H4,38,39,42)/t19-,20-,21-,22-,23-,24-,25-/m0/s1. The molecule has 7 atom stereocenters. The molecule has 1 aliphatic heterocycles. The first-order valence-corrected chi connectivity index (χ1v) is 18.0. The van der Waals surface area contributed by atoms with Gasteiger partial charge in [0.1, 0.15) is 18.1 Å². The van der Waals surface area contributed by atoms with Crippen LogP contribution in [0.2, 0.25) is 0 Å². The molecule has 19 nitrogen and oxygen atoms in total. The summed E-state index contributed by atoms with van der Waals surface area (Å²) in [6.45, 7) is 1.14. The molecule has 51 heavy (non-hydrogen) atoms. The maximum absolute atomic E-state index is 14.1. The molecule has 18 N–H and O–H groups in total. The van der Waals surface area contributed by atoms with E-state index in [9.17, 15) is 29.1 Å². The molecule has 0 spiro atoms. The van der Waals surface area contributed by atoms with Crippen LogP contribution in [0.1, 0.15) is 89.9 Å². The van der Waals surface area contributed by atoms with Gasteiger partial charge in [-0.1, -0.05) is 12.8 Å². The molecule has 0 bridgehead atoms. The van der Waals surface area contributed by atoms with Crippen molar-refractivity contribution in [1.29, 1.82) is 0 Å². The van der Waals surface area contributed by atoms with Crippen molar-refractivity contribution >= 4 is 41.5 Å². The quantitative estimate of drug-likeness (QED) is 0.0285. The van der Waals surface area contributed by atoms with Gasteiger partial charge < -0.3 is 66.1 Å². The van der Waals surface area contributed by atoms with Crippen LogP contribution in [-0.2, 0) is 24.0 Å². The zero-order valence-corrected chi connectivity index (χ0v) is 29.6. The van der Waals surface area contributed by atoms with Gasteiger partial charge >= 0.3 is 5.97 Å². The fraction of sp³-hybridized carbons (Fsp3) is 0.781. The van der Waals surface area contributed by atoms with Crippen molar-refractivity contribution in [2.45, 2.75) is 126 Å². The lowest BCUT2D eigenvalue weighted by Crippen LogP contribution is -2.59. The monoisotopic (exact) mass is 723 g/mol. The van der Waals surface area contributed by atoms with Gasteiger partial charge in [-0.05, 0) is 89.5 Å². The largest absolute Gasteiger partial charge is 0.480 e. The minimum atomic E-state index is -1.21. The summed E-state index contributed by atoms with van der Waals surface area (Å²) in [7, 11) is 0. The lowest BCUT2D eigenvalue weighted by atomic mass is 9.84. The first-order valence-electron chi connectivity index (χ1n) is 18.0. The summed E-state index contributed by atoms with van der Waals surface area (Å²) < 4.78 is 0. The van der Waals surface area contributed by atoms with Crippen LogP contribution in [0.3, 0.4) is 0 Å². The molecule has 1 aliphatic carbocycles. The van der Waals surface area contributed by atoms with Crippen LogP contribution < -0.4 is 56.1 Å². The number of carboxylic acids is 1. The highest BCUT2D eigenvalue weighted by Crippen LogP contribution is 2.40. The number of nitrogens with zero attached hydrogens (tertiary/aromatic N) is 3. The van der Waals surface area contributed by atoms with E-state index in [2.05, 4.69) is 25.9 Å². The van der Waals surface area contributed by atoms with Gasteiger partial charge in [-0.15, -0.1) is 0 Å². The first kappa shape index (κ1) is 42.9. The number of rotatable bonds is 23. The van der Waals surface area contributed by atoms with E-state index in [0.717, 1.165) is 19.3 Å². The highest BCUT2D eigenvalue weighted by Gasteiger charge is 2.49. The van der Waals surface area contributed by atoms with Crippen molar-refractivity contribution < 1.29 is 29.1 Å². The minimum absolute atomic E-state index is 0.0242. The molecule has 0 radical (unpaired) electrons. The SMILES string of the molecule is NCC[C@H](NC(=O)[C@@H](N)CCCCNC(=O)[C@@H](N)CCCCN=C(N)N)C(=O)N1[C@H](C(=O)N[C@@H](CCCN=C(N)N)C(=O)O)C[C@@H]2CCCC[C@@H]21. The third kappa shape index (κ3) is 14.9. The van der Waals surface area contributed by atoms with Crippen LogP contribution >= 0.6 is 0 Å². The Hall–Kier alpha value is -4.23. The van der Waals surface area contributed by atoms with Crippen molar-refractivity contribution in [2.75, 3.05) is 26.2 Å². The predicted octanol–water partition coefficient (Wildman–Crippen LogP) is -3.01. The van der Waals surface area contributed by atoms with Gasteiger partial charge in [0.05, 0.1) is 12.1 Å². The van der Waals surface area contributed by atoms with Crippen LogP contribution in [0.25, 0.3) is 0 Å². The molecule has 4 amide bonds. The number of nitrogens with one attached hydrogen (secondary N) is 3. The molecule has 290 valence electrons. The number of guanidine groups is 2. The van der Waals surface area contributed by atoms with Crippen molar-refractivity contribution in [3.8, 4) is 0 Å². The molecular weight excluding hydrogens is 662 g/mol. The number of hydrogen-bond acceptors (Lipinski definition) is 10. The highest BCUT2D eigenvalue weighted by molar-refractivity contribution is 5.95.